The minimum atomic E-state index is -0.0464. The second kappa shape index (κ2) is 12.0. The quantitative estimate of drug-likeness (QED) is 0.220. The zero-order chi connectivity index (χ0) is 24.6. The van der Waals surface area contributed by atoms with Crippen LogP contribution in [-0.2, 0) is 13.0 Å². The van der Waals surface area contributed by atoms with E-state index in [1.54, 1.807) is 0 Å². The number of nitrogens with zero attached hydrogens (tertiary/aromatic N) is 2. The van der Waals surface area contributed by atoms with Crippen LogP contribution >= 0.6 is 15.9 Å². The fourth-order valence-electron chi connectivity index (χ4n) is 4.13. The molecule has 1 amide bonds. The highest BCUT2D eigenvalue weighted by atomic mass is 79.9. The number of carbonyl (C=O) groups is 1. The molecule has 6 heteroatoms. The standard InChI is InChI=1S/C29H32BrN3O2/c1-21-11-12-22(2)27(20-21)35-19-6-5-18-33-26-9-4-3-8-25(26)32-28(33)10-7-17-31-29(34)23-13-15-24(30)16-14-23/h3-4,8-9,11-16,20H,5-7,10,17-19H2,1-2H3,(H,31,34). The SMILES string of the molecule is Cc1ccc(C)c(OCCCCn2c(CCCNC(=O)c3ccc(Br)cc3)nc3ccccc32)c1. The number of aromatic nitrogens is 2. The first-order valence-corrected chi connectivity index (χ1v) is 13.0. The molecule has 182 valence electrons. The molecule has 0 saturated carbocycles. The van der Waals surface area contributed by atoms with Crippen molar-refractivity contribution in [3.05, 3.63) is 93.7 Å². The number of unbranched alkanes of at least 4 members (excludes halogenated alkanes) is 1. The topological polar surface area (TPSA) is 56.1 Å². The Hall–Kier alpha value is -3.12. The number of benzene rings is 3. The maximum absolute atomic E-state index is 12.4. The molecule has 4 aromatic rings. The number of hydrogen-bond acceptors (Lipinski definition) is 3. The molecule has 0 aliphatic rings. The van der Waals surface area contributed by atoms with Crippen molar-refractivity contribution in [2.24, 2.45) is 0 Å². The molecule has 0 bridgehead atoms. The van der Waals surface area contributed by atoms with Crippen molar-refractivity contribution in [2.75, 3.05) is 13.2 Å². The van der Waals surface area contributed by atoms with Gasteiger partial charge in [-0.15, -0.1) is 0 Å². The van der Waals surface area contributed by atoms with E-state index in [-0.39, 0.29) is 5.91 Å². The van der Waals surface area contributed by atoms with Crippen molar-refractivity contribution >= 4 is 32.9 Å². The molecule has 0 spiro atoms. The summed E-state index contributed by atoms with van der Waals surface area (Å²) in [5.74, 6) is 2.00. The number of para-hydroxylation sites is 2. The van der Waals surface area contributed by atoms with E-state index in [9.17, 15) is 4.79 Å². The molecule has 0 aliphatic carbocycles. The highest BCUT2D eigenvalue weighted by Gasteiger charge is 2.11. The van der Waals surface area contributed by atoms with Crippen LogP contribution in [0.3, 0.4) is 0 Å². The summed E-state index contributed by atoms with van der Waals surface area (Å²) < 4.78 is 9.32. The van der Waals surface area contributed by atoms with Crippen LogP contribution in [0.2, 0.25) is 0 Å². The van der Waals surface area contributed by atoms with Crippen LogP contribution in [0.15, 0.2) is 71.2 Å². The molecule has 0 saturated heterocycles. The van der Waals surface area contributed by atoms with Gasteiger partial charge in [-0.3, -0.25) is 4.79 Å². The Morgan fingerprint density at radius 1 is 1.00 bits per heavy atom. The van der Waals surface area contributed by atoms with E-state index in [4.69, 9.17) is 9.72 Å². The third-order valence-corrected chi connectivity index (χ3v) is 6.61. The first-order chi connectivity index (χ1) is 17.0. The summed E-state index contributed by atoms with van der Waals surface area (Å²) in [7, 11) is 0. The highest BCUT2D eigenvalue weighted by molar-refractivity contribution is 9.10. The van der Waals surface area contributed by atoms with E-state index in [1.165, 1.54) is 11.1 Å². The van der Waals surface area contributed by atoms with Crippen molar-refractivity contribution in [2.45, 2.75) is 46.1 Å². The van der Waals surface area contributed by atoms with Gasteiger partial charge in [-0.25, -0.2) is 4.98 Å². The molecule has 4 rings (SSSR count). The number of fused-ring (bicyclic) bond motifs is 1. The van der Waals surface area contributed by atoms with Gasteiger partial charge in [-0.05, 0) is 86.7 Å². The van der Waals surface area contributed by atoms with Gasteiger partial charge in [-0.2, -0.15) is 0 Å². The molecule has 0 radical (unpaired) electrons. The van der Waals surface area contributed by atoms with Crippen LogP contribution in [0, 0.1) is 13.8 Å². The lowest BCUT2D eigenvalue weighted by Gasteiger charge is -2.12. The molecule has 1 heterocycles. The lowest BCUT2D eigenvalue weighted by Crippen LogP contribution is -2.25. The number of carbonyl (C=O) groups excluding carboxylic acids is 1. The molecule has 1 N–H and O–H groups in total. The summed E-state index contributed by atoms with van der Waals surface area (Å²) in [5, 5.41) is 3.02. The number of ether oxygens (including phenoxy) is 1. The molecule has 35 heavy (non-hydrogen) atoms. The van der Waals surface area contributed by atoms with Gasteiger partial charge in [0.25, 0.3) is 5.91 Å². The number of amides is 1. The first kappa shape index (κ1) is 25.0. The minimum absolute atomic E-state index is 0.0464. The van der Waals surface area contributed by atoms with Crippen LogP contribution in [0.4, 0.5) is 0 Å². The van der Waals surface area contributed by atoms with Crippen LogP contribution in [0.1, 0.15) is 46.6 Å². The zero-order valence-electron chi connectivity index (χ0n) is 20.4. The molecule has 3 aromatic carbocycles. The lowest BCUT2D eigenvalue weighted by atomic mass is 10.1. The van der Waals surface area contributed by atoms with Crippen molar-refractivity contribution in [3.63, 3.8) is 0 Å². The third-order valence-electron chi connectivity index (χ3n) is 6.08. The van der Waals surface area contributed by atoms with E-state index in [1.807, 2.05) is 30.3 Å². The van der Waals surface area contributed by atoms with E-state index < -0.39 is 0 Å². The predicted molar refractivity (Wildman–Crippen MR) is 145 cm³/mol. The van der Waals surface area contributed by atoms with Crippen molar-refractivity contribution in [1.29, 1.82) is 0 Å². The predicted octanol–water partition coefficient (Wildman–Crippen LogP) is 6.64. The molecular weight excluding hydrogens is 502 g/mol. The fraction of sp³-hybridized carbons (Fsp3) is 0.310. The van der Waals surface area contributed by atoms with Gasteiger partial charge in [0.05, 0.1) is 17.6 Å². The second-order valence-electron chi connectivity index (χ2n) is 8.86. The van der Waals surface area contributed by atoms with Gasteiger partial charge in [-0.1, -0.05) is 40.2 Å². The largest absolute Gasteiger partial charge is 0.493 e. The van der Waals surface area contributed by atoms with Crippen LogP contribution in [-0.4, -0.2) is 28.6 Å². The van der Waals surface area contributed by atoms with Gasteiger partial charge in [0.1, 0.15) is 11.6 Å². The van der Waals surface area contributed by atoms with Gasteiger partial charge >= 0.3 is 0 Å². The number of rotatable bonds is 11. The number of nitrogens with one attached hydrogen (secondary N) is 1. The van der Waals surface area contributed by atoms with Crippen molar-refractivity contribution < 1.29 is 9.53 Å². The van der Waals surface area contributed by atoms with E-state index >= 15 is 0 Å². The Bertz CT molecular complexity index is 1280. The molecule has 5 nitrogen and oxygen atoms in total. The van der Waals surface area contributed by atoms with Crippen molar-refractivity contribution in [1.82, 2.24) is 14.9 Å². The molecule has 0 aliphatic heterocycles. The fourth-order valence-corrected chi connectivity index (χ4v) is 4.40. The van der Waals surface area contributed by atoms with E-state index in [2.05, 4.69) is 76.1 Å². The molecular formula is C29H32BrN3O2. The normalized spacial score (nSPS) is 11.1. The number of aryl methyl sites for hydroxylation is 4. The number of halogens is 1. The Morgan fingerprint density at radius 2 is 1.80 bits per heavy atom. The Morgan fingerprint density at radius 3 is 2.63 bits per heavy atom. The Labute approximate surface area is 215 Å². The van der Waals surface area contributed by atoms with Gasteiger partial charge in [0.15, 0.2) is 0 Å². The molecule has 0 unspecified atom stereocenters. The maximum atomic E-state index is 12.4. The summed E-state index contributed by atoms with van der Waals surface area (Å²) in [6.45, 7) is 6.39. The van der Waals surface area contributed by atoms with Gasteiger partial charge < -0.3 is 14.6 Å². The molecule has 1 aromatic heterocycles. The first-order valence-electron chi connectivity index (χ1n) is 12.2. The summed E-state index contributed by atoms with van der Waals surface area (Å²) >= 11 is 3.40. The zero-order valence-corrected chi connectivity index (χ0v) is 22.0. The second-order valence-corrected chi connectivity index (χ2v) is 9.77. The third kappa shape index (κ3) is 6.73. The number of imidazole rings is 1. The lowest BCUT2D eigenvalue weighted by molar-refractivity contribution is 0.0953. The maximum Gasteiger partial charge on any atom is 0.251 e. The monoisotopic (exact) mass is 533 g/mol. The molecule has 0 atom stereocenters. The van der Waals surface area contributed by atoms with Gasteiger partial charge in [0.2, 0.25) is 0 Å². The summed E-state index contributed by atoms with van der Waals surface area (Å²) in [5.41, 5.74) is 5.24. The smallest absolute Gasteiger partial charge is 0.251 e. The summed E-state index contributed by atoms with van der Waals surface area (Å²) in [6.07, 6.45) is 3.64. The summed E-state index contributed by atoms with van der Waals surface area (Å²) in [6, 6.07) is 22.0. The van der Waals surface area contributed by atoms with Crippen molar-refractivity contribution in [3.8, 4) is 5.75 Å². The minimum Gasteiger partial charge on any atom is -0.493 e. The Kier molecular flexibility index (Phi) is 8.59. The van der Waals surface area contributed by atoms with Crippen LogP contribution < -0.4 is 10.1 Å². The number of hydrogen-bond donors (Lipinski definition) is 1. The van der Waals surface area contributed by atoms with Crippen LogP contribution in [0.25, 0.3) is 11.0 Å². The molecule has 0 fully saturated rings. The highest BCUT2D eigenvalue weighted by Crippen LogP contribution is 2.21. The van der Waals surface area contributed by atoms with E-state index in [0.29, 0.717) is 18.7 Å². The average Bonchev–Trinajstić information content (AvgIpc) is 3.21. The van der Waals surface area contributed by atoms with Gasteiger partial charge in [0, 0.05) is 29.5 Å². The Balaban J connectivity index is 1.29. The average molecular weight is 534 g/mol. The van der Waals surface area contributed by atoms with Crippen LogP contribution in [0.5, 0.6) is 5.75 Å². The summed E-state index contributed by atoms with van der Waals surface area (Å²) in [4.78, 5) is 17.2. The van der Waals surface area contributed by atoms with E-state index in [0.717, 1.165) is 59.3 Å².